The maximum Gasteiger partial charge on any atom is 0.202 e. The molecular formula is C10H17N3OS. The third-order valence-electron chi connectivity index (χ3n) is 2.47. The average Bonchev–Trinajstić information content (AvgIpc) is 2.92. The third kappa shape index (κ3) is 2.89. The predicted molar refractivity (Wildman–Crippen MR) is 61.2 cm³/mol. The van der Waals surface area contributed by atoms with E-state index in [1.807, 2.05) is 0 Å². The molecular weight excluding hydrogens is 210 g/mol. The Kier molecular flexibility index (Phi) is 3.53. The van der Waals surface area contributed by atoms with Crippen LogP contribution in [0.3, 0.4) is 0 Å². The zero-order chi connectivity index (χ0) is 10.7. The van der Waals surface area contributed by atoms with E-state index in [1.165, 1.54) is 24.4 Å². The molecule has 0 saturated heterocycles. The van der Waals surface area contributed by atoms with E-state index < -0.39 is 0 Å². The standard InChI is InChI=1S/C10H17N3OS/c1-3-4-8(14-2)9-12-10(15-13-9)11-7-5-6-7/h7-8H,3-6H2,1-2H3,(H,11,12,13). The van der Waals surface area contributed by atoms with Crippen LogP contribution in [0.5, 0.6) is 0 Å². The topological polar surface area (TPSA) is 47.0 Å². The molecule has 4 nitrogen and oxygen atoms in total. The Balaban J connectivity index is 1.96. The van der Waals surface area contributed by atoms with Gasteiger partial charge in [0, 0.05) is 24.7 Å². The molecule has 1 aliphatic rings. The van der Waals surface area contributed by atoms with Crippen molar-refractivity contribution in [2.75, 3.05) is 12.4 Å². The first kappa shape index (κ1) is 10.8. The van der Waals surface area contributed by atoms with Crippen LogP contribution < -0.4 is 5.32 Å². The van der Waals surface area contributed by atoms with Gasteiger partial charge in [-0.05, 0) is 19.3 Å². The van der Waals surface area contributed by atoms with Crippen molar-refractivity contribution in [3.05, 3.63) is 5.82 Å². The van der Waals surface area contributed by atoms with Crippen LogP contribution in [0.15, 0.2) is 0 Å². The van der Waals surface area contributed by atoms with Gasteiger partial charge >= 0.3 is 0 Å². The summed E-state index contributed by atoms with van der Waals surface area (Å²) in [6.45, 7) is 2.14. The van der Waals surface area contributed by atoms with Crippen molar-refractivity contribution in [1.82, 2.24) is 9.36 Å². The van der Waals surface area contributed by atoms with Gasteiger partial charge < -0.3 is 10.1 Å². The molecule has 0 bridgehead atoms. The highest BCUT2D eigenvalue weighted by Crippen LogP contribution is 2.27. The molecule has 15 heavy (non-hydrogen) atoms. The third-order valence-corrected chi connectivity index (χ3v) is 3.13. The normalized spacial score (nSPS) is 17.7. The van der Waals surface area contributed by atoms with Crippen molar-refractivity contribution in [3.63, 3.8) is 0 Å². The summed E-state index contributed by atoms with van der Waals surface area (Å²) in [6.07, 6.45) is 4.65. The SMILES string of the molecule is CCCC(OC)c1nsc(NC2CC2)n1. The van der Waals surface area contributed by atoms with Crippen LogP contribution in [0.1, 0.15) is 44.5 Å². The van der Waals surface area contributed by atoms with E-state index in [2.05, 4.69) is 21.6 Å². The molecule has 1 aromatic rings. The number of rotatable bonds is 6. The molecule has 1 aromatic heterocycles. The van der Waals surface area contributed by atoms with Crippen molar-refractivity contribution in [2.45, 2.75) is 44.8 Å². The van der Waals surface area contributed by atoms with Gasteiger partial charge in [0.2, 0.25) is 5.13 Å². The van der Waals surface area contributed by atoms with Gasteiger partial charge in [-0.3, -0.25) is 0 Å². The lowest BCUT2D eigenvalue weighted by Gasteiger charge is -2.09. The van der Waals surface area contributed by atoms with E-state index in [1.54, 1.807) is 7.11 Å². The fraction of sp³-hybridized carbons (Fsp3) is 0.800. The number of methoxy groups -OCH3 is 1. The molecule has 1 atom stereocenters. The van der Waals surface area contributed by atoms with Crippen LogP contribution in [0.4, 0.5) is 5.13 Å². The summed E-state index contributed by atoms with van der Waals surface area (Å²) in [4.78, 5) is 4.45. The second-order valence-corrected chi connectivity index (χ2v) is 4.64. The summed E-state index contributed by atoms with van der Waals surface area (Å²) < 4.78 is 9.69. The first-order valence-corrected chi connectivity index (χ1v) is 6.23. The molecule has 0 amide bonds. The number of nitrogens with zero attached hydrogens (tertiary/aromatic N) is 2. The molecule has 5 heteroatoms. The van der Waals surface area contributed by atoms with Gasteiger partial charge in [-0.15, -0.1) is 0 Å². The lowest BCUT2D eigenvalue weighted by atomic mass is 10.2. The Morgan fingerprint density at radius 2 is 2.40 bits per heavy atom. The van der Waals surface area contributed by atoms with E-state index in [0.29, 0.717) is 6.04 Å². The van der Waals surface area contributed by atoms with Gasteiger partial charge in [0.25, 0.3) is 0 Å². The second-order valence-electron chi connectivity index (χ2n) is 3.89. The number of hydrogen-bond donors (Lipinski definition) is 1. The van der Waals surface area contributed by atoms with Gasteiger partial charge in [0.1, 0.15) is 6.10 Å². The molecule has 1 heterocycles. The Morgan fingerprint density at radius 1 is 1.60 bits per heavy atom. The zero-order valence-corrected chi connectivity index (χ0v) is 10.0. The zero-order valence-electron chi connectivity index (χ0n) is 9.19. The number of ether oxygens (including phenoxy) is 1. The Hall–Kier alpha value is -0.680. The van der Waals surface area contributed by atoms with E-state index in [4.69, 9.17) is 4.74 Å². The van der Waals surface area contributed by atoms with Gasteiger partial charge in [0.05, 0.1) is 0 Å². The average molecular weight is 227 g/mol. The minimum absolute atomic E-state index is 0.0565. The molecule has 1 fully saturated rings. The summed E-state index contributed by atoms with van der Waals surface area (Å²) in [5, 5.41) is 4.28. The highest BCUT2D eigenvalue weighted by atomic mass is 32.1. The van der Waals surface area contributed by atoms with Crippen LogP contribution in [-0.4, -0.2) is 22.5 Å². The summed E-state index contributed by atoms with van der Waals surface area (Å²) >= 11 is 1.44. The fourth-order valence-electron chi connectivity index (χ4n) is 1.44. The highest BCUT2D eigenvalue weighted by Gasteiger charge is 2.23. The van der Waals surface area contributed by atoms with Crippen molar-refractivity contribution in [2.24, 2.45) is 0 Å². The Bertz CT molecular complexity index is 311. The summed E-state index contributed by atoms with van der Waals surface area (Å²) in [7, 11) is 1.72. The minimum atomic E-state index is 0.0565. The number of anilines is 1. The van der Waals surface area contributed by atoms with Crippen molar-refractivity contribution in [1.29, 1.82) is 0 Å². The molecule has 0 aliphatic heterocycles. The largest absolute Gasteiger partial charge is 0.373 e. The lowest BCUT2D eigenvalue weighted by Crippen LogP contribution is -2.04. The lowest BCUT2D eigenvalue weighted by molar-refractivity contribution is 0.0887. The number of aromatic nitrogens is 2. The molecule has 0 spiro atoms. The predicted octanol–water partition coefficient (Wildman–Crippen LogP) is 2.60. The summed E-state index contributed by atoms with van der Waals surface area (Å²) in [5.74, 6) is 0.826. The van der Waals surface area contributed by atoms with Crippen LogP contribution in [-0.2, 0) is 4.74 Å². The first-order valence-electron chi connectivity index (χ1n) is 5.46. The molecule has 0 aromatic carbocycles. The number of nitrogens with one attached hydrogen (secondary N) is 1. The summed E-state index contributed by atoms with van der Waals surface area (Å²) in [6, 6.07) is 0.637. The maximum atomic E-state index is 5.36. The van der Waals surface area contributed by atoms with E-state index in [9.17, 15) is 0 Å². The summed E-state index contributed by atoms with van der Waals surface area (Å²) in [5.41, 5.74) is 0. The van der Waals surface area contributed by atoms with Crippen LogP contribution in [0.25, 0.3) is 0 Å². The maximum absolute atomic E-state index is 5.36. The van der Waals surface area contributed by atoms with E-state index >= 15 is 0 Å². The fourth-order valence-corrected chi connectivity index (χ4v) is 2.13. The molecule has 1 N–H and O–H groups in total. The monoisotopic (exact) mass is 227 g/mol. The Labute approximate surface area is 94.2 Å². The smallest absolute Gasteiger partial charge is 0.202 e. The van der Waals surface area contributed by atoms with Gasteiger partial charge in [-0.2, -0.15) is 4.37 Å². The molecule has 1 saturated carbocycles. The molecule has 0 radical (unpaired) electrons. The van der Waals surface area contributed by atoms with Gasteiger partial charge in [-0.25, -0.2) is 4.98 Å². The van der Waals surface area contributed by atoms with Crippen molar-refractivity contribution >= 4 is 16.7 Å². The molecule has 84 valence electrons. The van der Waals surface area contributed by atoms with Gasteiger partial charge in [-0.1, -0.05) is 13.3 Å². The van der Waals surface area contributed by atoms with Crippen LogP contribution in [0, 0.1) is 0 Å². The Morgan fingerprint density at radius 3 is 3.00 bits per heavy atom. The van der Waals surface area contributed by atoms with Crippen molar-refractivity contribution in [3.8, 4) is 0 Å². The highest BCUT2D eigenvalue weighted by molar-refractivity contribution is 7.09. The molecule has 1 unspecified atom stereocenters. The van der Waals surface area contributed by atoms with Crippen LogP contribution >= 0.6 is 11.5 Å². The minimum Gasteiger partial charge on any atom is -0.373 e. The number of hydrogen-bond acceptors (Lipinski definition) is 5. The van der Waals surface area contributed by atoms with Crippen molar-refractivity contribution < 1.29 is 4.74 Å². The van der Waals surface area contributed by atoms with Gasteiger partial charge in [0.15, 0.2) is 5.82 Å². The van der Waals surface area contributed by atoms with Crippen LogP contribution in [0.2, 0.25) is 0 Å². The first-order chi connectivity index (χ1) is 7.33. The van der Waals surface area contributed by atoms with E-state index in [-0.39, 0.29) is 6.10 Å². The molecule has 1 aliphatic carbocycles. The van der Waals surface area contributed by atoms with E-state index in [0.717, 1.165) is 23.8 Å². The quantitative estimate of drug-likeness (QED) is 0.811. The second kappa shape index (κ2) is 4.90. The molecule has 2 rings (SSSR count).